The van der Waals surface area contributed by atoms with E-state index in [9.17, 15) is 9.18 Å². The number of methoxy groups -OCH3 is 1. The molecule has 3 rings (SSSR count). The molecule has 0 saturated carbocycles. The molecule has 0 bridgehead atoms. The number of aryl methyl sites for hydroxylation is 1. The molecule has 9 heteroatoms. The molecular formula is C19H18FN5O3. The number of nitrogens with zero attached hydrogens (tertiary/aromatic N) is 3. The van der Waals surface area contributed by atoms with Gasteiger partial charge in [-0.1, -0.05) is 18.2 Å². The van der Waals surface area contributed by atoms with Crippen molar-refractivity contribution in [2.75, 3.05) is 12.5 Å². The summed E-state index contributed by atoms with van der Waals surface area (Å²) in [6, 6.07) is 11.4. The molecule has 0 atom stereocenters. The van der Waals surface area contributed by atoms with Crippen LogP contribution in [-0.2, 0) is 6.61 Å². The smallest absolute Gasteiger partial charge is 0.363 e. The summed E-state index contributed by atoms with van der Waals surface area (Å²) in [6.45, 7) is 1.91. The van der Waals surface area contributed by atoms with Crippen molar-refractivity contribution >= 4 is 12.0 Å². The number of H-pyrrole nitrogens is 1. The molecule has 2 N–H and O–H groups in total. The van der Waals surface area contributed by atoms with Gasteiger partial charge in [-0.05, 0) is 36.8 Å². The summed E-state index contributed by atoms with van der Waals surface area (Å²) in [5.74, 6) is 0.946. The van der Waals surface area contributed by atoms with Crippen LogP contribution in [0.3, 0.4) is 0 Å². The molecule has 0 aliphatic heterocycles. The third-order valence-corrected chi connectivity index (χ3v) is 3.78. The third-order valence-electron chi connectivity index (χ3n) is 3.78. The molecule has 0 aliphatic carbocycles. The number of para-hydroxylation sites is 1. The van der Waals surface area contributed by atoms with Crippen molar-refractivity contribution in [2.45, 2.75) is 13.5 Å². The van der Waals surface area contributed by atoms with Crippen molar-refractivity contribution in [1.29, 1.82) is 0 Å². The highest BCUT2D eigenvalue weighted by molar-refractivity contribution is 5.85. The van der Waals surface area contributed by atoms with Gasteiger partial charge >= 0.3 is 5.69 Å². The van der Waals surface area contributed by atoms with Gasteiger partial charge in [-0.3, -0.25) is 5.43 Å². The maximum atomic E-state index is 13.0. The second-order valence-electron chi connectivity index (χ2n) is 5.74. The van der Waals surface area contributed by atoms with E-state index in [1.54, 1.807) is 37.3 Å². The van der Waals surface area contributed by atoms with Crippen molar-refractivity contribution in [3.05, 3.63) is 75.6 Å². The fourth-order valence-corrected chi connectivity index (χ4v) is 2.35. The summed E-state index contributed by atoms with van der Waals surface area (Å²) < 4.78 is 24.3. The number of aromatic nitrogens is 3. The van der Waals surface area contributed by atoms with Crippen LogP contribution in [0, 0.1) is 12.7 Å². The summed E-state index contributed by atoms with van der Waals surface area (Å²) in [5.41, 5.74) is 4.06. The van der Waals surface area contributed by atoms with Crippen molar-refractivity contribution in [1.82, 2.24) is 15.2 Å². The van der Waals surface area contributed by atoms with Crippen molar-refractivity contribution < 1.29 is 13.9 Å². The van der Waals surface area contributed by atoms with Gasteiger partial charge in [0.15, 0.2) is 17.3 Å². The first-order chi connectivity index (χ1) is 13.6. The molecule has 0 radical (unpaired) electrons. The monoisotopic (exact) mass is 383 g/mol. The normalized spacial score (nSPS) is 10.8. The van der Waals surface area contributed by atoms with Gasteiger partial charge < -0.3 is 9.47 Å². The van der Waals surface area contributed by atoms with Gasteiger partial charge in [0.05, 0.1) is 13.3 Å². The number of anilines is 1. The van der Waals surface area contributed by atoms with Gasteiger partial charge in [0.1, 0.15) is 18.1 Å². The largest absolute Gasteiger partial charge is 0.493 e. The van der Waals surface area contributed by atoms with Gasteiger partial charge in [0, 0.05) is 5.56 Å². The highest BCUT2D eigenvalue weighted by atomic mass is 19.1. The van der Waals surface area contributed by atoms with E-state index in [-0.39, 0.29) is 18.2 Å². The van der Waals surface area contributed by atoms with Crippen molar-refractivity contribution in [3.63, 3.8) is 0 Å². The molecule has 0 amide bonds. The fraction of sp³-hybridized carbons (Fsp3) is 0.158. The van der Waals surface area contributed by atoms with Crippen molar-refractivity contribution in [2.24, 2.45) is 5.10 Å². The zero-order chi connectivity index (χ0) is 19.9. The maximum Gasteiger partial charge on any atom is 0.363 e. The Labute approximate surface area is 160 Å². The van der Waals surface area contributed by atoms with E-state index >= 15 is 0 Å². The minimum absolute atomic E-state index is 0.230. The minimum atomic E-state index is -0.576. The van der Waals surface area contributed by atoms with Crippen LogP contribution < -0.4 is 20.6 Å². The molecular weight excluding hydrogens is 365 g/mol. The van der Waals surface area contributed by atoms with Crippen LogP contribution in [0.25, 0.3) is 0 Å². The van der Waals surface area contributed by atoms with E-state index in [1.807, 2.05) is 0 Å². The number of aromatic amines is 1. The summed E-state index contributed by atoms with van der Waals surface area (Å²) in [6.07, 6.45) is 1.52. The Kier molecular flexibility index (Phi) is 5.95. The molecule has 3 aromatic rings. The summed E-state index contributed by atoms with van der Waals surface area (Å²) in [7, 11) is 1.54. The summed E-state index contributed by atoms with van der Waals surface area (Å²) >= 11 is 0. The first kappa shape index (κ1) is 19.0. The zero-order valence-electron chi connectivity index (χ0n) is 15.3. The van der Waals surface area contributed by atoms with Crippen LogP contribution >= 0.6 is 0 Å². The van der Waals surface area contributed by atoms with E-state index in [1.165, 1.54) is 25.5 Å². The topological polar surface area (TPSA) is 101 Å². The van der Waals surface area contributed by atoms with E-state index in [0.29, 0.717) is 22.8 Å². The van der Waals surface area contributed by atoms with Crippen LogP contribution in [0.1, 0.15) is 16.8 Å². The van der Waals surface area contributed by atoms with Crippen LogP contribution in [0.15, 0.2) is 52.4 Å². The molecule has 0 unspecified atom stereocenters. The molecule has 1 aromatic heterocycles. The SMILES string of the molecule is COc1cccc(/C=N\Nc2nc(=O)[nH]nc2C)c1OCc1ccc(F)cc1. The Bertz CT molecular complexity index is 1030. The lowest BCUT2D eigenvalue weighted by atomic mass is 10.2. The first-order valence-electron chi connectivity index (χ1n) is 8.33. The summed E-state index contributed by atoms with van der Waals surface area (Å²) in [5, 5.41) is 10.2. The molecule has 1 heterocycles. The second-order valence-corrected chi connectivity index (χ2v) is 5.74. The Balaban J connectivity index is 1.79. The van der Waals surface area contributed by atoms with E-state index in [0.717, 1.165) is 5.56 Å². The lowest BCUT2D eigenvalue weighted by Gasteiger charge is -2.13. The third kappa shape index (κ3) is 4.70. The number of hydrogen-bond donors (Lipinski definition) is 2. The Hall–Kier alpha value is -3.75. The number of hydrazone groups is 1. The van der Waals surface area contributed by atoms with E-state index in [2.05, 4.69) is 25.7 Å². The number of ether oxygens (including phenoxy) is 2. The van der Waals surface area contributed by atoms with Gasteiger partial charge in [0.2, 0.25) is 0 Å². The molecule has 28 heavy (non-hydrogen) atoms. The molecule has 0 fully saturated rings. The highest BCUT2D eigenvalue weighted by Gasteiger charge is 2.10. The number of nitrogens with one attached hydrogen (secondary N) is 2. The molecule has 144 valence electrons. The Morgan fingerprint density at radius 3 is 2.79 bits per heavy atom. The number of rotatable bonds is 7. The average molecular weight is 383 g/mol. The Morgan fingerprint density at radius 2 is 2.04 bits per heavy atom. The van der Waals surface area contributed by atoms with Crippen LogP contribution in [0.4, 0.5) is 10.2 Å². The molecule has 2 aromatic carbocycles. The Morgan fingerprint density at radius 1 is 1.25 bits per heavy atom. The lowest BCUT2D eigenvalue weighted by molar-refractivity contribution is 0.284. The minimum Gasteiger partial charge on any atom is -0.493 e. The number of hydrogen-bond acceptors (Lipinski definition) is 7. The predicted molar refractivity (Wildman–Crippen MR) is 102 cm³/mol. The van der Waals surface area contributed by atoms with Crippen LogP contribution in [0.5, 0.6) is 11.5 Å². The van der Waals surface area contributed by atoms with Gasteiger partial charge in [-0.15, -0.1) is 0 Å². The fourth-order valence-electron chi connectivity index (χ4n) is 2.35. The maximum absolute atomic E-state index is 13.0. The second kappa shape index (κ2) is 8.76. The number of benzene rings is 2. The molecule has 0 saturated heterocycles. The van der Waals surface area contributed by atoms with Crippen LogP contribution in [0.2, 0.25) is 0 Å². The van der Waals surface area contributed by atoms with Crippen molar-refractivity contribution in [3.8, 4) is 11.5 Å². The van der Waals surface area contributed by atoms with E-state index < -0.39 is 5.69 Å². The zero-order valence-corrected chi connectivity index (χ0v) is 15.3. The first-order valence-corrected chi connectivity index (χ1v) is 8.33. The standard InChI is InChI=1S/C19H18FN5O3/c1-12-18(22-19(26)25-23-12)24-21-10-14-4-3-5-16(27-2)17(14)28-11-13-6-8-15(20)9-7-13/h3-10H,11H2,1-2H3,(H2,22,24,25,26)/b21-10-. The highest BCUT2D eigenvalue weighted by Crippen LogP contribution is 2.31. The quantitative estimate of drug-likeness (QED) is 0.480. The number of halogens is 1. The average Bonchev–Trinajstić information content (AvgIpc) is 2.70. The molecule has 0 aliphatic rings. The predicted octanol–water partition coefficient (Wildman–Crippen LogP) is 2.65. The molecule has 0 spiro atoms. The van der Waals surface area contributed by atoms with Gasteiger partial charge in [-0.25, -0.2) is 14.3 Å². The van der Waals surface area contributed by atoms with E-state index in [4.69, 9.17) is 9.47 Å². The van der Waals surface area contributed by atoms with Gasteiger partial charge in [-0.2, -0.15) is 15.2 Å². The van der Waals surface area contributed by atoms with Gasteiger partial charge in [0.25, 0.3) is 0 Å². The lowest BCUT2D eigenvalue weighted by Crippen LogP contribution is -2.15. The summed E-state index contributed by atoms with van der Waals surface area (Å²) in [4.78, 5) is 15.0. The molecule has 8 nitrogen and oxygen atoms in total. The van der Waals surface area contributed by atoms with Crippen LogP contribution in [-0.4, -0.2) is 28.5 Å².